The van der Waals surface area contributed by atoms with E-state index in [0.717, 1.165) is 22.6 Å². The summed E-state index contributed by atoms with van der Waals surface area (Å²) in [4.78, 5) is 23.2. The number of aromatic nitrogens is 4. The molecule has 130 valence electrons. The molecule has 1 fully saturated rings. The predicted molar refractivity (Wildman–Crippen MR) is 92.1 cm³/mol. The van der Waals surface area contributed by atoms with Gasteiger partial charge in [0, 0.05) is 25.4 Å². The first kappa shape index (κ1) is 15.8. The summed E-state index contributed by atoms with van der Waals surface area (Å²) < 4.78 is 7.20. The number of hydrogen-bond donors (Lipinski definition) is 0. The van der Waals surface area contributed by atoms with Crippen molar-refractivity contribution in [1.82, 2.24) is 24.6 Å². The van der Waals surface area contributed by atoms with Gasteiger partial charge in [0.25, 0.3) is 5.91 Å². The minimum Gasteiger partial charge on any atom is -0.361 e. The van der Waals surface area contributed by atoms with Crippen LogP contribution in [0.4, 0.5) is 0 Å². The molecule has 1 amide bonds. The highest BCUT2D eigenvalue weighted by Gasteiger charge is 2.21. The van der Waals surface area contributed by atoms with Crippen molar-refractivity contribution in [2.45, 2.75) is 45.2 Å². The van der Waals surface area contributed by atoms with Crippen LogP contribution >= 0.6 is 0 Å². The SMILES string of the molecule is Cc1cc(CN(C)C(=O)c2cnc3c(c2)ncn3C2CCCC2)no1. The molecule has 3 aromatic rings. The Balaban J connectivity index is 1.55. The van der Waals surface area contributed by atoms with Gasteiger partial charge in [-0.3, -0.25) is 4.79 Å². The molecule has 0 N–H and O–H groups in total. The van der Waals surface area contributed by atoms with Crippen molar-refractivity contribution in [1.29, 1.82) is 0 Å². The molecule has 1 saturated carbocycles. The fraction of sp³-hybridized carbons (Fsp3) is 0.444. The Morgan fingerprint density at radius 2 is 2.12 bits per heavy atom. The monoisotopic (exact) mass is 339 g/mol. The van der Waals surface area contributed by atoms with Gasteiger partial charge in [0.2, 0.25) is 0 Å². The van der Waals surface area contributed by atoms with Crippen LogP contribution in [0.15, 0.2) is 29.2 Å². The fourth-order valence-electron chi connectivity index (χ4n) is 3.51. The van der Waals surface area contributed by atoms with Crippen LogP contribution in [0, 0.1) is 6.92 Å². The number of hydrogen-bond acceptors (Lipinski definition) is 5. The van der Waals surface area contributed by atoms with Gasteiger partial charge in [0.05, 0.1) is 18.4 Å². The third kappa shape index (κ3) is 3.01. The van der Waals surface area contributed by atoms with Crippen LogP contribution in [0.1, 0.15) is 53.5 Å². The second-order valence-electron chi connectivity index (χ2n) is 6.75. The lowest BCUT2D eigenvalue weighted by Gasteiger charge is -2.15. The lowest BCUT2D eigenvalue weighted by Crippen LogP contribution is -2.26. The quantitative estimate of drug-likeness (QED) is 0.730. The van der Waals surface area contributed by atoms with Gasteiger partial charge >= 0.3 is 0 Å². The predicted octanol–water partition coefficient (Wildman–Crippen LogP) is 3.12. The molecule has 0 aromatic carbocycles. The number of aryl methyl sites for hydroxylation is 1. The average molecular weight is 339 g/mol. The Bertz CT molecular complexity index is 907. The Morgan fingerprint density at radius 1 is 1.32 bits per heavy atom. The number of carbonyl (C=O) groups is 1. The van der Waals surface area contributed by atoms with Crippen molar-refractivity contribution in [3.05, 3.63) is 41.7 Å². The van der Waals surface area contributed by atoms with Crippen molar-refractivity contribution in [2.75, 3.05) is 7.05 Å². The van der Waals surface area contributed by atoms with Gasteiger partial charge in [-0.25, -0.2) is 9.97 Å². The van der Waals surface area contributed by atoms with Gasteiger partial charge in [0.1, 0.15) is 17.0 Å². The zero-order chi connectivity index (χ0) is 17.4. The summed E-state index contributed by atoms with van der Waals surface area (Å²) in [7, 11) is 1.74. The zero-order valence-electron chi connectivity index (χ0n) is 14.5. The summed E-state index contributed by atoms with van der Waals surface area (Å²) >= 11 is 0. The fourth-order valence-corrected chi connectivity index (χ4v) is 3.51. The van der Waals surface area contributed by atoms with E-state index >= 15 is 0 Å². The van der Waals surface area contributed by atoms with Gasteiger partial charge in [-0.05, 0) is 25.8 Å². The summed E-state index contributed by atoms with van der Waals surface area (Å²) in [5, 5.41) is 3.93. The van der Waals surface area contributed by atoms with E-state index in [1.165, 1.54) is 25.7 Å². The van der Waals surface area contributed by atoms with Gasteiger partial charge in [0.15, 0.2) is 5.65 Å². The van der Waals surface area contributed by atoms with E-state index in [9.17, 15) is 4.79 Å². The standard InChI is InChI=1S/C18H21N5O2/c1-12-7-14(21-25-12)10-22(2)18(24)13-8-16-17(19-9-13)23(11-20-16)15-5-3-4-6-15/h7-9,11,15H,3-6,10H2,1-2H3. The smallest absolute Gasteiger partial charge is 0.255 e. The molecule has 0 unspecified atom stereocenters. The molecular formula is C18H21N5O2. The Hall–Kier alpha value is -2.70. The second-order valence-corrected chi connectivity index (χ2v) is 6.75. The maximum Gasteiger partial charge on any atom is 0.255 e. The molecule has 0 saturated heterocycles. The van der Waals surface area contributed by atoms with Crippen LogP contribution in [0.3, 0.4) is 0 Å². The van der Waals surface area contributed by atoms with E-state index in [-0.39, 0.29) is 5.91 Å². The Kier molecular flexibility index (Phi) is 3.99. The number of nitrogens with zero attached hydrogens (tertiary/aromatic N) is 5. The van der Waals surface area contributed by atoms with Crippen LogP contribution < -0.4 is 0 Å². The third-order valence-corrected chi connectivity index (χ3v) is 4.80. The largest absolute Gasteiger partial charge is 0.361 e. The molecule has 7 heteroatoms. The highest BCUT2D eigenvalue weighted by Crippen LogP contribution is 2.31. The molecule has 3 heterocycles. The van der Waals surface area contributed by atoms with Crippen molar-refractivity contribution < 1.29 is 9.32 Å². The molecule has 0 spiro atoms. The summed E-state index contributed by atoms with van der Waals surface area (Å²) in [6.45, 7) is 2.22. The maximum atomic E-state index is 12.7. The zero-order valence-corrected chi connectivity index (χ0v) is 14.5. The van der Waals surface area contributed by atoms with Crippen LogP contribution in [-0.2, 0) is 6.54 Å². The highest BCUT2D eigenvalue weighted by molar-refractivity contribution is 5.96. The molecule has 1 aliphatic carbocycles. The van der Waals surface area contributed by atoms with E-state index in [1.807, 2.05) is 25.4 Å². The number of carbonyl (C=O) groups excluding carboxylic acids is 1. The minimum absolute atomic E-state index is 0.106. The lowest BCUT2D eigenvalue weighted by atomic mass is 10.2. The topological polar surface area (TPSA) is 77.1 Å². The minimum atomic E-state index is -0.106. The number of fused-ring (bicyclic) bond motifs is 1. The summed E-state index contributed by atoms with van der Waals surface area (Å²) in [6, 6.07) is 4.13. The number of imidazole rings is 1. The molecule has 0 radical (unpaired) electrons. The lowest BCUT2D eigenvalue weighted by molar-refractivity contribution is 0.0782. The van der Waals surface area contributed by atoms with Crippen LogP contribution in [0.2, 0.25) is 0 Å². The van der Waals surface area contributed by atoms with Gasteiger partial charge < -0.3 is 14.0 Å². The van der Waals surface area contributed by atoms with Gasteiger partial charge in [-0.1, -0.05) is 18.0 Å². The van der Waals surface area contributed by atoms with Crippen LogP contribution in [0.5, 0.6) is 0 Å². The first-order valence-electron chi connectivity index (χ1n) is 8.62. The summed E-state index contributed by atoms with van der Waals surface area (Å²) in [6.07, 6.45) is 8.36. The molecule has 0 aliphatic heterocycles. The van der Waals surface area contributed by atoms with Crippen molar-refractivity contribution in [3.63, 3.8) is 0 Å². The van der Waals surface area contributed by atoms with E-state index in [4.69, 9.17) is 4.52 Å². The molecule has 1 aliphatic rings. The molecule has 0 bridgehead atoms. The van der Waals surface area contributed by atoms with Crippen LogP contribution in [-0.4, -0.2) is 37.5 Å². The molecule has 4 rings (SSSR count). The maximum absolute atomic E-state index is 12.7. The first-order chi connectivity index (χ1) is 12.1. The summed E-state index contributed by atoms with van der Waals surface area (Å²) in [5.41, 5.74) is 2.89. The van der Waals surface area contributed by atoms with Crippen molar-refractivity contribution >= 4 is 17.1 Å². The van der Waals surface area contributed by atoms with E-state index in [0.29, 0.717) is 18.2 Å². The third-order valence-electron chi connectivity index (χ3n) is 4.80. The molecule has 3 aromatic heterocycles. The number of pyridine rings is 1. The summed E-state index contributed by atoms with van der Waals surface area (Å²) in [5.74, 6) is 0.627. The van der Waals surface area contributed by atoms with Gasteiger partial charge in [-0.2, -0.15) is 0 Å². The van der Waals surface area contributed by atoms with E-state index in [2.05, 4.69) is 19.7 Å². The van der Waals surface area contributed by atoms with Gasteiger partial charge in [-0.15, -0.1) is 0 Å². The number of amides is 1. The average Bonchev–Trinajstić information content (AvgIpc) is 3.33. The molecule has 7 nitrogen and oxygen atoms in total. The van der Waals surface area contributed by atoms with E-state index in [1.54, 1.807) is 18.1 Å². The Labute approximate surface area is 145 Å². The first-order valence-corrected chi connectivity index (χ1v) is 8.62. The molecular weight excluding hydrogens is 318 g/mol. The Morgan fingerprint density at radius 3 is 2.84 bits per heavy atom. The van der Waals surface area contributed by atoms with Crippen molar-refractivity contribution in [3.8, 4) is 0 Å². The molecule has 0 atom stereocenters. The highest BCUT2D eigenvalue weighted by atomic mass is 16.5. The van der Waals surface area contributed by atoms with Crippen LogP contribution in [0.25, 0.3) is 11.2 Å². The van der Waals surface area contributed by atoms with E-state index < -0.39 is 0 Å². The normalized spacial score (nSPS) is 15.1. The number of rotatable bonds is 4. The van der Waals surface area contributed by atoms with Crippen molar-refractivity contribution in [2.24, 2.45) is 0 Å². The second kappa shape index (κ2) is 6.31. The molecule has 25 heavy (non-hydrogen) atoms.